The lowest BCUT2D eigenvalue weighted by molar-refractivity contribution is -0.125. The lowest BCUT2D eigenvalue weighted by Gasteiger charge is -2.29. The van der Waals surface area contributed by atoms with Crippen LogP contribution in [0, 0.1) is 6.92 Å². The van der Waals surface area contributed by atoms with Gasteiger partial charge in [0.1, 0.15) is 17.2 Å². The van der Waals surface area contributed by atoms with Crippen molar-refractivity contribution >= 4 is 34.6 Å². The molecule has 1 aliphatic heterocycles. The third-order valence-corrected chi connectivity index (χ3v) is 5.18. The van der Waals surface area contributed by atoms with Crippen molar-refractivity contribution in [2.24, 2.45) is 10.7 Å². The quantitative estimate of drug-likeness (QED) is 0.664. The number of fused-ring (bicyclic) bond motifs is 2. The predicted molar refractivity (Wildman–Crippen MR) is 117 cm³/mol. The van der Waals surface area contributed by atoms with Gasteiger partial charge in [0.05, 0.1) is 6.54 Å². The number of nitrogens with zero attached hydrogens (tertiary/aromatic N) is 3. The molecule has 0 unspecified atom stereocenters. The first-order valence-electron chi connectivity index (χ1n) is 9.68. The molecule has 30 heavy (non-hydrogen) atoms. The molecule has 1 amide bonds. The molecule has 0 bridgehead atoms. The molecule has 2 N–H and O–H groups in total. The number of hydrogen-bond acceptors (Lipinski definition) is 6. The number of carbonyl (C=O) groups is 1. The highest BCUT2D eigenvalue weighted by Crippen LogP contribution is 2.34. The van der Waals surface area contributed by atoms with Crippen molar-refractivity contribution < 1.29 is 13.9 Å². The Morgan fingerprint density at radius 1 is 1.30 bits per heavy atom. The summed E-state index contributed by atoms with van der Waals surface area (Å²) in [6.07, 6.45) is 4.84. The number of rotatable bonds is 4. The summed E-state index contributed by atoms with van der Waals surface area (Å²) in [5, 5.41) is 1.07. The van der Waals surface area contributed by atoms with Gasteiger partial charge in [-0.25, -0.2) is 9.98 Å². The van der Waals surface area contributed by atoms with Gasteiger partial charge in [0.25, 0.3) is 0 Å². The molecule has 0 spiro atoms. The summed E-state index contributed by atoms with van der Waals surface area (Å²) < 4.78 is 11.8. The number of likely N-dealkylation sites (N-methyl/N-ethyl adjacent to an activating group) is 1. The first-order valence-corrected chi connectivity index (χ1v) is 9.68. The van der Waals surface area contributed by atoms with Gasteiger partial charge in [0.15, 0.2) is 17.2 Å². The van der Waals surface area contributed by atoms with Gasteiger partial charge in [-0.15, -0.1) is 0 Å². The van der Waals surface area contributed by atoms with Crippen LogP contribution in [-0.4, -0.2) is 34.3 Å². The van der Waals surface area contributed by atoms with Crippen molar-refractivity contribution in [1.82, 2.24) is 9.88 Å². The largest absolute Gasteiger partial charge is 0.476 e. The normalized spacial score (nSPS) is 15.0. The number of aromatic nitrogens is 1. The number of aliphatic imine (C=N–C) groups is 1. The van der Waals surface area contributed by atoms with Gasteiger partial charge in [-0.2, -0.15) is 0 Å². The molecule has 154 valence electrons. The van der Waals surface area contributed by atoms with E-state index in [2.05, 4.69) is 9.98 Å². The van der Waals surface area contributed by atoms with Crippen molar-refractivity contribution in [2.75, 3.05) is 7.05 Å². The highest BCUT2D eigenvalue weighted by atomic mass is 16.5. The summed E-state index contributed by atoms with van der Waals surface area (Å²) in [7, 11) is 1.74. The van der Waals surface area contributed by atoms with Gasteiger partial charge in [-0.1, -0.05) is 18.2 Å². The number of amidine groups is 1. The second-order valence-corrected chi connectivity index (χ2v) is 7.87. The number of furan rings is 1. The van der Waals surface area contributed by atoms with E-state index in [1.54, 1.807) is 30.3 Å². The van der Waals surface area contributed by atoms with E-state index in [0.717, 1.165) is 27.9 Å². The number of carbonyl (C=O) groups excluding carboxylic acids is 1. The first kappa shape index (κ1) is 19.7. The highest BCUT2D eigenvalue weighted by Gasteiger charge is 2.31. The van der Waals surface area contributed by atoms with E-state index in [4.69, 9.17) is 14.9 Å². The van der Waals surface area contributed by atoms with Gasteiger partial charge in [-0.05, 0) is 44.5 Å². The first-order chi connectivity index (χ1) is 14.2. The standard InChI is InChI=1S/C23H24N4O3/c1-14-16-7-5-6-8-17(16)29-19(14)13-27(4)20(28)10-9-15-11-18-21(25-12-15)26-22(24)23(2,3)30-18/h5-12H,13H2,1-4H3,(H2,24,25,26). The molecule has 0 fully saturated rings. The van der Waals surface area contributed by atoms with Crippen molar-refractivity contribution in [3.05, 3.63) is 59.5 Å². The van der Waals surface area contributed by atoms with E-state index in [9.17, 15) is 4.79 Å². The second kappa shape index (κ2) is 7.33. The third kappa shape index (κ3) is 3.66. The fraction of sp³-hybridized carbons (Fsp3) is 0.261. The molecule has 2 aromatic heterocycles. The van der Waals surface area contributed by atoms with Crippen molar-refractivity contribution in [3.8, 4) is 5.75 Å². The summed E-state index contributed by atoms with van der Waals surface area (Å²) in [4.78, 5) is 22.8. The van der Waals surface area contributed by atoms with E-state index in [0.29, 0.717) is 23.9 Å². The van der Waals surface area contributed by atoms with Crippen LogP contribution in [0.15, 0.2) is 52.0 Å². The number of ether oxygens (including phenoxy) is 1. The molecule has 4 rings (SSSR count). The zero-order valence-electron chi connectivity index (χ0n) is 17.5. The van der Waals surface area contributed by atoms with Crippen LogP contribution in [0.4, 0.5) is 5.82 Å². The minimum atomic E-state index is -0.697. The molecule has 0 saturated carbocycles. The van der Waals surface area contributed by atoms with Crippen LogP contribution < -0.4 is 10.5 Å². The molecule has 1 aliphatic rings. The summed E-state index contributed by atoms with van der Waals surface area (Å²) in [5.41, 5.74) is 7.83. The molecule has 3 aromatic rings. The monoisotopic (exact) mass is 404 g/mol. The number of benzene rings is 1. The van der Waals surface area contributed by atoms with Crippen LogP contribution in [0.5, 0.6) is 5.75 Å². The molecule has 3 heterocycles. The molecule has 0 saturated heterocycles. The lowest BCUT2D eigenvalue weighted by atomic mass is 10.1. The van der Waals surface area contributed by atoms with Crippen LogP contribution in [0.2, 0.25) is 0 Å². The van der Waals surface area contributed by atoms with Crippen LogP contribution in [0.1, 0.15) is 30.7 Å². The minimum Gasteiger partial charge on any atom is -0.476 e. The minimum absolute atomic E-state index is 0.143. The topological polar surface area (TPSA) is 94.0 Å². The number of para-hydroxylation sites is 1. The smallest absolute Gasteiger partial charge is 0.246 e. The van der Waals surface area contributed by atoms with E-state index < -0.39 is 5.60 Å². The van der Waals surface area contributed by atoms with Crippen LogP contribution in [0.3, 0.4) is 0 Å². The Balaban J connectivity index is 1.48. The molecule has 7 nitrogen and oxygen atoms in total. The fourth-order valence-electron chi connectivity index (χ4n) is 3.24. The Kier molecular flexibility index (Phi) is 4.81. The Morgan fingerprint density at radius 3 is 2.83 bits per heavy atom. The Labute approximate surface area is 174 Å². The van der Waals surface area contributed by atoms with Crippen LogP contribution in [0.25, 0.3) is 17.0 Å². The predicted octanol–water partition coefficient (Wildman–Crippen LogP) is 3.97. The molecule has 0 aliphatic carbocycles. The SMILES string of the molecule is Cc1c(CN(C)C(=O)C=Cc2cnc3c(c2)OC(C)(C)C(N)=N3)oc2ccccc12. The van der Waals surface area contributed by atoms with Crippen molar-refractivity contribution in [2.45, 2.75) is 32.9 Å². The maximum absolute atomic E-state index is 12.6. The number of nitrogens with two attached hydrogens (primary N) is 1. The maximum Gasteiger partial charge on any atom is 0.246 e. The van der Waals surface area contributed by atoms with Crippen LogP contribution >= 0.6 is 0 Å². The van der Waals surface area contributed by atoms with Gasteiger partial charge in [0, 0.05) is 30.3 Å². The number of hydrogen-bond donors (Lipinski definition) is 1. The molecule has 1 aromatic carbocycles. The lowest BCUT2D eigenvalue weighted by Crippen LogP contribution is -2.45. The van der Waals surface area contributed by atoms with Crippen molar-refractivity contribution in [1.29, 1.82) is 0 Å². The molecular formula is C23H24N4O3. The molecular weight excluding hydrogens is 380 g/mol. The van der Waals surface area contributed by atoms with E-state index in [1.807, 2.05) is 45.0 Å². The molecule has 7 heteroatoms. The number of pyridine rings is 1. The highest BCUT2D eigenvalue weighted by molar-refractivity contribution is 5.93. The van der Waals surface area contributed by atoms with Gasteiger partial charge >= 0.3 is 0 Å². The summed E-state index contributed by atoms with van der Waals surface area (Å²) >= 11 is 0. The van der Waals surface area contributed by atoms with Gasteiger partial charge in [-0.3, -0.25) is 4.79 Å². The average Bonchev–Trinajstić information content (AvgIpc) is 3.02. The Bertz CT molecular complexity index is 1190. The summed E-state index contributed by atoms with van der Waals surface area (Å²) in [6.45, 7) is 6.08. The van der Waals surface area contributed by atoms with E-state index in [-0.39, 0.29) is 5.91 Å². The van der Waals surface area contributed by atoms with E-state index in [1.165, 1.54) is 6.08 Å². The van der Waals surface area contributed by atoms with Crippen LogP contribution in [-0.2, 0) is 11.3 Å². The Morgan fingerprint density at radius 2 is 2.07 bits per heavy atom. The zero-order valence-corrected chi connectivity index (χ0v) is 17.5. The molecule has 0 radical (unpaired) electrons. The maximum atomic E-state index is 12.6. The fourth-order valence-corrected chi connectivity index (χ4v) is 3.24. The number of aryl methyl sites for hydroxylation is 1. The summed E-state index contributed by atoms with van der Waals surface area (Å²) in [6, 6.07) is 9.65. The zero-order chi connectivity index (χ0) is 21.5. The van der Waals surface area contributed by atoms with Gasteiger partial charge in [0.2, 0.25) is 5.91 Å². The van der Waals surface area contributed by atoms with E-state index >= 15 is 0 Å². The van der Waals surface area contributed by atoms with Gasteiger partial charge < -0.3 is 19.8 Å². The molecule has 0 atom stereocenters. The van der Waals surface area contributed by atoms with Crippen molar-refractivity contribution in [3.63, 3.8) is 0 Å². The number of amides is 1. The second-order valence-electron chi connectivity index (χ2n) is 7.87. The third-order valence-electron chi connectivity index (χ3n) is 5.18. The average molecular weight is 404 g/mol. The Hall–Kier alpha value is -3.61. The summed E-state index contributed by atoms with van der Waals surface area (Å²) in [5.74, 6) is 1.99.